The first-order chi connectivity index (χ1) is 8.13. The van der Waals surface area contributed by atoms with Crippen molar-refractivity contribution in [2.45, 2.75) is 6.92 Å². The molecule has 0 bridgehead atoms. The molecule has 0 fully saturated rings. The van der Waals surface area contributed by atoms with Crippen molar-refractivity contribution in [3.05, 3.63) is 45.8 Å². The molecular weight excluding hydrogens is 238 g/mol. The number of aromatic nitrogens is 2. The van der Waals surface area contributed by atoms with Crippen molar-refractivity contribution in [2.75, 3.05) is 6.54 Å². The van der Waals surface area contributed by atoms with Gasteiger partial charge in [0.2, 0.25) is 0 Å². The highest BCUT2D eigenvalue weighted by Crippen LogP contribution is 2.12. The molecule has 17 heavy (non-hydrogen) atoms. The Hall–Kier alpha value is -1.95. The van der Waals surface area contributed by atoms with Gasteiger partial charge in [0.05, 0.1) is 0 Å². The van der Waals surface area contributed by atoms with E-state index in [0.717, 1.165) is 4.88 Å². The van der Waals surface area contributed by atoms with Crippen molar-refractivity contribution in [2.24, 2.45) is 0 Å². The lowest BCUT2D eigenvalue weighted by molar-refractivity contribution is 0.0956. The quantitative estimate of drug-likeness (QED) is 0.825. The molecule has 1 N–H and O–H groups in total. The highest BCUT2D eigenvalue weighted by Gasteiger charge is 2.13. The molecule has 0 atom stereocenters. The third-order valence-electron chi connectivity index (χ3n) is 2.17. The molecule has 0 aliphatic carbocycles. The van der Waals surface area contributed by atoms with Crippen LogP contribution in [0.1, 0.15) is 15.2 Å². The average molecular weight is 249 g/mol. The molecule has 1 amide bonds. The highest BCUT2D eigenvalue weighted by atomic mass is 32.1. The summed E-state index contributed by atoms with van der Waals surface area (Å²) in [4.78, 5) is 29.3. The Labute approximate surface area is 101 Å². The normalized spacial score (nSPS) is 10.4. The van der Waals surface area contributed by atoms with Gasteiger partial charge in [-0.25, -0.2) is 4.98 Å². The van der Waals surface area contributed by atoms with Crippen LogP contribution in [0.15, 0.2) is 29.8 Å². The summed E-state index contributed by atoms with van der Waals surface area (Å²) in [5.41, 5.74) is -0.303. The number of hydrogen-bond acceptors (Lipinski definition) is 4. The molecular formula is C11H11N3O2S. The van der Waals surface area contributed by atoms with Crippen molar-refractivity contribution in [1.82, 2.24) is 14.7 Å². The number of amides is 1. The maximum Gasteiger partial charge on any atom is 0.271 e. The van der Waals surface area contributed by atoms with Crippen molar-refractivity contribution < 1.29 is 4.79 Å². The lowest BCUT2D eigenvalue weighted by Gasteiger charge is -2.01. The summed E-state index contributed by atoms with van der Waals surface area (Å²) in [6.07, 6.45) is 4.54. The minimum absolute atomic E-state index is 0.0437. The predicted octanol–water partition coefficient (Wildman–Crippen LogP) is 0.980. The summed E-state index contributed by atoms with van der Waals surface area (Å²) < 4.78 is 1.39. The molecule has 6 heteroatoms. The Morgan fingerprint density at radius 3 is 3.18 bits per heavy atom. The molecule has 2 heterocycles. The number of nitrogens with zero attached hydrogens (tertiary/aromatic N) is 2. The summed E-state index contributed by atoms with van der Waals surface area (Å²) in [5, 5.41) is 2.55. The number of thiazole rings is 1. The van der Waals surface area contributed by atoms with Gasteiger partial charge in [-0.3, -0.25) is 14.0 Å². The van der Waals surface area contributed by atoms with Crippen LogP contribution in [0.2, 0.25) is 0 Å². The molecule has 0 aromatic carbocycles. The van der Waals surface area contributed by atoms with Crippen LogP contribution in [0.3, 0.4) is 0 Å². The fourth-order valence-corrected chi connectivity index (χ4v) is 2.20. The molecule has 2 aromatic rings. The van der Waals surface area contributed by atoms with Gasteiger partial charge >= 0.3 is 0 Å². The van der Waals surface area contributed by atoms with Crippen molar-refractivity contribution in [3.8, 4) is 0 Å². The largest absolute Gasteiger partial charge is 0.348 e. The summed E-state index contributed by atoms with van der Waals surface area (Å²) in [5.74, 6) is -0.430. The summed E-state index contributed by atoms with van der Waals surface area (Å²) in [6, 6.07) is 0. The molecule has 0 aliphatic rings. The number of nitrogens with one attached hydrogen (secondary N) is 1. The molecule has 0 aliphatic heterocycles. The van der Waals surface area contributed by atoms with E-state index in [1.807, 2.05) is 6.92 Å². The molecule has 0 unspecified atom stereocenters. The van der Waals surface area contributed by atoms with E-state index in [0.29, 0.717) is 11.5 Å². The molecule has 2 rings (SSSR count). The van der Waals surface area contributed by atoms with E-state index in [4.69, 9.17) is 0 Å². The zero-order valence-corrected chi connectivity index (χ0v) is 10.1. The van der Waals surface area contributed by atoms with Crippen LogP contribution < -0.4 is 10.9 Å². The van der Waals surface area contributed by atoms with Crippen LogP contribution >= 0.6 is 11.3 Å². The third kappa shape index (κ3) is 2.12. The number of carbonyl (C=O) groups is 1. The van der Waals surface area contributed by atoms with Gasteiger partial charge in [0.25, 0.3) is 11.5 Å². The van der Waals surface area contributed by atoms with E-state index < -0.39 is 5.91 Å². The van der Waals surface area contributed by atoms with Gasteiger partial charge < -0.3 is 5.32 Å². The second-order valence-corrected chi connectivity index (χ2v) is 4.68. The zero-order valence-electron chi connectivity index (χ0n) is 9.27. The monoisotopic (exact) mass is 249 g/mol. The van der Waals surface area contributed by atoms with Gasteiger partial charge in [-0.05, 0) is 6.92 Å². The highest BCUT2D eigenvalue weighted by molar-refractivity contribution is 7.16. The van der Waals surface area contributed by atoms with Crippen molar-refractivity contribution in [3.63, 3.8) is 0 Å². The van der Waals surface area contributed by atoms with Crippen molar-refractivity contribution in [1.29, 1.82) is 0 Å². The molecule has 0 radical (unpaired) electrons. The molecule has 0 saturated heterocycles. The Morgan fingerprint density at radius 2 is 2.47 bits per heavy atom. The number of aryl methyl sites for hydroxylation is 1. The molecule has 88 valence electrons. The van der Waals surface area contributed by atoms with Crippen LogP contribution in [0, 0.1) is 6.92 Å². The second kappa shape index (κ2) is 4.50. The molecule has 5 nitrogen and oxygen atoms in total. The van der Waals surface area contributed by atoms with Crippen molar-refractivity contribution >= 4 is 22.2 Å². The lowest BCUT2D eigenvalue weighted by atomic mass is 10.3. The molecule has 0 saturated carbocycles. The number of carbonyl (C=O) groups excluding carboxylic acids is 1. The number of fused-ring (bicyclic) bond motifs is 1. The van der Waals surface area contributed by atoms with Crippen LogP contribution in [-0.2, 0) is 0 Å². The first-order valence-corrected chi connectivity index (χ1v) is 5.82. The minimum Gasteiger partial charge on any atom is -0.348 e. The zero-order chi connectivity index (χ0) is 12.4. The van der Waals surface area contributed by atoms with E-state index in [2.05, 4.69) is 16.9 Å². The average Bonchev–Trinajstić information content (AvgIpc) is 2.68. The standard InChI is InChI=1S/C11H11N3O2S/c1-3-4-12-9(15)8-5-13-11-14(10(8)16)6-7(2)17-11/h3,5-6H,1,4H2,2H3,(H,12,15). The second-order valence-electron chi connectivity index (χ2n) is 3.47. The predicted molar refractivity (Wildman–Crippen MR) is 66.6 cm³/mol. The van der Waals surface area contributed by atoms with Crippen LogP contribution in [0.4, 0.5) is 0 Å². The van der Waals surface area contributed by atoms with Crippen LogP contribution in [-0.4, -0.2) is 21.8 Å². The SMILES string of the molecule is C=CCNC(=O)c1cnc2sc(C)cn2c1=O. The fourth-order valence-electron chi connectivity index (χ4n) is 1.41. The third-order valence-corrected chi connectivity index (χ3v) is 3.09. The fraction of sp³-hybridized carbons (Fsp3) is 0.182. The van der Waals surface area contributed by atoms with Gasteiger partial charge in [0.15, 0.2) is 4.96 Å². The Bertz CT molecular complexity index is 642. The van der Waals surface area contributed by atoms with Gasteiger partial charge in [-0.15, -0.1) is 17.9 Å². The Balaban J connectivity index is 2.48. The van der Waals surface area contributed by atoms with Gasteiger partial charge in [-0.2, -0.15) is 0 Å². The van der Waals surface area contributed by atoms with E-state index in [1.54, 1.807) is 12.3 Å². The van der Waals surface area contributed by atoms with E-state index in [1.165, 1.54) is 21.9 Å². The van der Waals surface area contributed by atoms with E-state index in [-0.39, 0.29) is 11.1 Å². The topological polar surface area (TPSA) is 63.5 Å². The van der Waals surface area contributed by atoms with Crippen LogP contribution in [0.5, 0.6) is 0 Å². The molecule has 2 aromatic heterocycles. The Morgan fingerprint density at radius 1 is 1.71 bits per heavy atom. The first kappa shape index (κ1) is 11.5. The Kier molecular flexibility index (Phi) is 3.06. The van der Waals surface area contributed by atoms with E-state index >= 15 is 0 Å². The maximum atomic E-state index is 12.0. The smallest absolute Gasteiger partial charge is 0.271 e. The summed E-state index contributed by atoms with van der Waals surface area (Å²) in [7, 11) is 0. The lowest BCUT2D eigenvalue weighted by Crippen LogP contribution is -2.31. The van der Waals surface area contributed by atoms with Gasteiger partial charge in [0, 0.05) is 23.8 Å². The minimum atomic E-state index is -0.430. The molecule has 0 spiro atoms. The summed E-state index contributed by atoms with van der Waals surface area (Å²) in [6.45, 7) is 5.70. The van der Waals surface area contributed by atoms with Gasteiger partial charge in [-0.1, -0.05) is 6.08 Å². The number of hydrogen-bond donors (Lipinski definition) is 1. The van der Waals surface area contributed by atoms with Gasteiger partial charge in [0.1, 0.15) is 5.56 Å². The summed E-state index contributed by atoms with van der Waals surface area (Å²) >= 11 is 1.41. The first-order valence-electron chi connectivity index (χ1n) is 5.00. The number of rotatable bonds is 3. The van der Waals surface area contributed by atoms with E-state index in [9.17, 15) is 9.59 Å². The maximum absolute atomic E-state index is 12.0. The van der Waals surface area contributed by atoms with Crippen LogP contribution in [0.25, 0.3) is 4.96 Å².